The summed E-state index contributed by atoms with van der Waals surface area (Å²) in [4.78, 5) is 42.1. The van der Waals surface area contributed by atoms with Gasteiger partial charge in [-0.25, -0.2) is 14.0 Å². The number of nitrogens with zero attached hydrogens (tertiary/aromatic N) is 2. The van der Waals surface area contributed by atoms with Crippen molar-refractivity contribution in [3.8, 4) is 0 Å². The van der Waals surface area contributed by atoms with Gasteiger partial charge in [0, 0.05) is 41.6 Å². The average Bonchev–Trinajstić information content (AvgIpc) is 3.26. The van der Waals surface area contributed by atoms with Crippen molar-refractivity contribution in [1.82, 2.24) is 15.1 Å². The Labute approximate surface area is 207 Å². The molecule has 186 valence electrons. The van der Waals surface area contributed by atoms with Crippen LogP contribution in [0.15, 0.2) is 48.5 Å². The standard InChI is InChI=1S/C24H28ClFN6O3/c25-15-3-1-5-19(13-15)29-23(34)31-11-12-32(24(35)30-20-6-2-4-16(26)14-20)22(31)21(33)28-18-9-7-17(27)8-10-18/h1-6,13-14,17-18,22H,7-12,27H2,(H,28,33)(H,29,34)(H,30,35). The van der Waals surface area contributed by atoms with E-state index in [-0.39, 0.29) is 30.9 Å². The van der Waals surface area contributed by atoms with Gasteiger partial charge >= 0.3 is 12.1 Å². The molecule has 5 N–H and O–H groups in total. The molecule has 1 heterocycles. The molecule has 1 aliphatic heterocycles. The summed E-state index contributed by atoms with van der Waals surface area (Å²) in [5.41, 5.74) is 6.68. The van der Waals surface area contributed by atoms with Crippen LogP contribution in [0.1, 0.15) is 25.7 Å². The number of carbonyl (C=O) groups excluding carboxylic acids is 3. The quantitative estimate of drug-likeness (QED) is 0.511. The lowest BCUT2D eigenvalue weighted by molar-refractivity contribution is -0.128. The minimum Gasteiger partial charge on any atom is -0.350 e. The summed E-state index contributed by atoms with van der Waals surface area (Å²) in [6.45, 7) is 0.258. The highest BCUT2D eigenvalue weighted by molar-refractivity contribution is 6.30. The number of rotatable bonds is 4. The molecular weight excluding hydrogens is 475 g/mol. The van der Waals surface area contributed by atoms with Crippen molar-refractivity contribution in [3.63, 3.8) is 0 Å². The zero-order valence-electron chi connectivity index (χ0n) is 19.0. The Morgan fingerprint density at radius 2 is 1.46 bits per heavy atom. The van der Waals surface area contributed by atoms with E-state index in [1.165, 1.54) is 28.0 Å². The van der Waals surface area contributed by atoms with Gasteiger partial charge in [0.25, 0.3) is 5.91 Å². The Balaban J connectivity index is 1.52. The van der Waals surface area contributed by atoms with Gasteiger partial charge in [-0.05, 0) is 62.1 Å². The second-order valence-corrected chi connectivity index (χ2v) is 9.20. The van der Waals surface area contributed by atoms with Crippen LogP contribution < -0.4 is 21.7 Å². The summed E-state index contributed by atoms with van der Waals surface area (Å²) >= 11 is 6.01. The number of hydrogen-bond donors (Lipinski definition) is 4. The fraction of sp³-hybridized carbons (Fsp3) is 0.375. The van der Waals surface area contributed by atoms with Crippen LogP contribution >= 0.6 is 11.6 Å². The maximum atomic E-state index is 13.6. The number of amides is 5. The third-order valence-electron chi connectivity index (χ3n) is 6.20. The first-order valence-corrected chi connectivity index (χ1v) is 11.9. The molecule has 0 bridgehead atoms. The Bertz CT molecular complexity index is 1030. The highest BCUT2D eigenvalue weighted by Gasteiger charge is 2.43. The first-order valence-electron chi connectivity index (χ1n) is 11.5. The van der Waals surface area contributed by atoms with Crippen LogP contribution in [-0.4, -0.2) is 59.1 Å². The highest BCUT2D eigenvalue weighted by Crippen LogP contribution is 2.23. The molecule has 1 saturated heterocycles. The summed E-state index contributed by atoms with van der Waals surface area (Å²) in [6, 6.07) is 11.0. The van der Waals surface area contributed by atoms with Gasteiger partial charge in [-0.2, -0.15) is 0 Å². The highest BCUT2D eigenvalue weighted by atomic mass is 35.5. The summed E-state index contributed by atoms with van der Waals surface area (Å²) in [5, 5.41) is 8.77. The number of nitrogens with one attached hydrogen (secondary N) is 3. The molecule has 1 unspecified atom stereocenters. The van der Waals surface area contributed by atoms with Gasteiger partial charge in [0.2, 0.25) is 0 Å². The molecule has 4 rings (SSSR count). The minimum absolute atomic E-state index is 0.0890. The zero-order valence-corrected chi connectivity index (χ0v) is 19.8. The number of anilines is 2. The van der Waals surface area contributed by atoms with E-state index < -0.39 is 30.0 Å². The van der Waals surface area contributed by atoms with Gasteiger partial charge in [-0.1, -0.05) is 23.7 Å². The van der Waals surface area contributed by atoms with Crippen LogP contribution in [-0.2, 0) is 4.79 Å². The Morgan fingerprint density at radius 1 is 0.886 bits per heavy atom. The average molecular weight is 503 g/mol. The Kier molecular flexibility index (Phi) is 7.72. The maximum absolute atomic E-state index is 13.6. The van der Waals surface area contributed by atoms with Crippen molar-refractivity contribution in [2.24, 2.45) is 5.73 Å². The predicted octanol–water partition coefficient (Wildman–Crippen LogP) is 3.57. The smallest absolute Gasteiger partial charge is 0.323 e. The van der Waals surface area contributed by atoms with Crippen molar-refractivity contribution in [2.75, 3.05) is 23.7 Å². The van der Waals surface area contributed by atoms with E-state index in [0.717, 1.165) is 25.7 Å². The molecule has 0 spiro atoms. The Hall–Kier alpha value is -3.37. The number of hydrogen-bond acceptors (Lipinski definition) is 4. The number of carbonyl (C=O) groups is 3. The zero-order chi connectivity index (χ0) is 24.9. The summed E-state index contributed by atoms with van der Waals surface area (Å²) in [5.74, 6) is -0.963. The SMILES string of the molecule is NC1CCC(NC(=O)C2N(C(=O)Nc3cccc(F)c3)CCN2C(=O)Nc2cccc(Cl)c2)CC1. The number of urea groups is 2. The van der Waals surface area contributed by atoms with Crippen LogP contribution in [0.5, 0.6) is 0 Å². The molecule has 35 heavy (non-hydrogen) atoms. The van der Waals surface area contributed by atoms with E-state index in [9.17, 15) is 18.8 Å². The van der Waals surface area contributed by atoms with Gasteiger partial charge in [0.1, 0.15) is 5.82 Å². The van der Waals surface area contributed by atoms with E-state index in [0.29, 0.717) is 10.7 Å². The molecule has 9 nitrogen and oxygen atoms in total. The van der Waals surface area contributed by atoms with E-state index in [4.69, 9.17) is 17.3 Å². The van der Waals surface area contributed by atoms with Gasteiger partial charge in [0.05, 0.1) is 0 Å². The molecule has 2 aliphatic rings. The van der Waals surface area contributed by atoms with Gasteiger partial charge < -0.3 is 21.7 Å². The normalized spacial score (nSPS) is 22.0. The van der Waals surface area contributed by atoms with Crippen molar-refractivity contribution in [2.45, 2.75) is 43.9 Å². The fourth-order valence-corrected chi connectivity index (χ4v) is 4.59. The molecule has 2 aromatic rings. The number of benzene rings is 2. The molecule has 1 atom stereocenters. The van der Waals surface area contributed by atoms with Gasteiger partial charge in [0.15, 0.2) is 6.17 Å². The van der Waals surface area contributed by atoms with Crippen LogP contribution in [0.25, 0.3) is 0 Å². The topological polar surface area (TPSA) is 120 Å². The monoisotopic (exact) mass is 502 g/mol. The van der Waals surface area contributed by atoms with E-state index >= 15 is 0 Å². The third-order valence-corrected chi connectivity index (χ3v) is 6.43. The number of halogens is 2. The maximum Gasteiger partial charge on any atom is 0.323 e. The van der Waals surface area contributed by atoms with Gasteiger partial charge in [-0.3, -0.25) is 14.6 Å². The fourth-order valence-electron chi connectivity index (χ4n) is 4.40. The largest absolute Gasteiger partial charge is 0.350 e. The van der Waals surface area contributed by atoms with E-state index in [2.05, 4.69) is 16.0 Å². The molecule has 2 fully saturated rings. The second-order valence-electron chi connectivity index (χ2n) is 8.76. The molecule has 5 amide bonds. The number of nitrogens with two attached hydrogens (primary N) is 1. The van der Waals surface area contributed by atoms with Crippen molar-refractivity contribution >= 4 is 40.9 Å². The van der Waals surface area contributed by atoms with Crippen molar-refractivity contribution in [1.29, 1.82) is 0 Å². The molecule has 0 aromatic heterocycles. The molecule has 1 aliphatic carbocycles. The third kappa shape index (κ3) is 6.20. The minimum atomic E-state index is -1.18. The predicted molar refractivity (Wildman–Crippen MR) is 131 cm³/mol. The van der Waals surface area contributed by atoms with Crippen LogP contribution in [0, 0.1) is 5.82 Å². The van der Waals surface area contributed by atoms with Crippen LogP contribution in [0.3, 0.4) is 0 Å². The van der Waals surface area contributed by atoms with Crippen molar-refractivity contribution in [3.05, 3.63) is 59.4 Å². The molecule has 0 radical (unpaired) electrons. The summed E-state index contributed by atoms with van der Waals surface area (Å²) in [7, 11) is 0. The van der Waals surface area contributed by atoms with Crippen LogP contribution in [0.2, 0.25) is 5.02 Å². The van der Waals surface area contributed by atoms with E-state index in [1.54, 1.807) is 30.3 Å². The first kappa shape index (κ1) is 24.7. The molecule has 1 saturated carbocycles. The molecule has 11 heteroatoms. The van der Waals surface area contributed by atoms with Crippen molar-refractivity contribution < 1.29 is 18.8 Å². The van der Waals surface area contributed by atoms with Crippen LogP contribution in [0.4, 0.5) is 25.4 Å². The second kappa shape index (κ2) is 10.9. The lowest BCUT2D eigenvalue weighted by Crippen LogP contribution is -2.57. The van der Waals surface area contributed by atoms with Gasteiger partial charge in [-0.15, -0.1) is 0 Å². The summed E-state index contributed by atoms with van der Waals surface area (Å²) < 4.78 is 13.6. The Morgan fingerprint density at radius 3 is 2.03 bits per heavy atom. The molecule has 2 aromatic carbocycles. The molecular formula is C24H28ClFN6O3. The first-order chi connectivity index (χ1) is 16.8. The van der Waals surface area contributed by atoms with E-state index in [1.807, 2.05) is 0 Å². The lowest BCUT2D eigenvalue weighted by atomic mass is 9.92. The summed E-state index contributed by atoms with van der Waals surface area (Å²) in [6.07, 6.45) is 1.85. The lowest BCUT2D eigenvalue weighted by Gasteiger charge is -2.32.